The number of aromatic amines is 1. The molecule has 2 aromatic carbocycles. The number of fused-ring (bicyclic) bond motifs is 1. The van der Waals surface area contributed by atoms with Gasteiger partial charge in [-0.1, -0.05) is 24.3 Å². The highest BCUT2D eigenvalue weighted by molar-refractivity contribution is 5.84. The van der Waals surface area contributed by atoms with Crippen LogP contribution in [-0.2, 0) is 0 Å². The Balaban J connectivity index is 2.40. The van der Waals surface area contributed by atoms with E-state index in [0.717, 1.165) is 0 Å². The Bertz CT molecular complexity index is 987. The molecular formula is C17H9N3O. The average molecular weight is 271 g/mol. The van der Waals surface area contributed by atoms with Gasteiger partial charge in [-0.3, -0.25) is 4.79 Å². The second-order valence-corrected chi connectivity index (χ2v) is 4.55. The quantitative estimate of drug-likeness (QED) is 0.738. The molecule has 1 aromatic heterocycles. The summed E-state index contributed by atoms with van der Waals surface area (Å²) < 4.78 is 0. The summed E-state index contributed by atoms with van der Waals surface area (Å²) in [6.07, 6.45) is 0. The summed E-state index contributed by atoms with van der Waals surface area (Å²) in [5.74, 6) is 0. The fourth-order valence-electron chi connectivity index (χ4n) is 2.30. The van der Waals surface area contributed by atoms with Crippen molar-refractivity contribution < 1.29 is 0 Å². The zero-order valence-corrected chi connectivity index (χ0v) is 10.9. The molecule has 0 amide bonds. The van der Waals surface area contributed by atoms with Crippen molar-refractivity contribution >= 4 is 10.9 Å². The van der Waals surface area contributed by atoms with Gasteiger partial charge in [-0.15, -0.1) is 0 Å². The number of H-pyrrole nitrogens is 1. The third-order valence-electron chi connectivity index (χ3n) is 3.30. The predicted molar refractivity (Wildman–Crippen MR) is 79.4 cm³/mol. The van der Waals surface area contributed by atoms with Crippen LogP contribution >= 0.6 is 0 Å². The van der Waals surface area contributed by atoms with Gasteiger partial charge >= 0.3 is 0 Å². The molecule has 0 spiro atoms. The van der Waals surface area contributed by atoms with E-state index in [-0.39, 0.29) is 11.0 Å². The number of hydrogen-bond acceptors (Lipinski definition) is 3. The molecule has 0 saturated carbocycles. The van der Waals surface area contributed by atoms with Gasteiger partial charge < -0.3 is 4.98 Å². The van der Waals surface area contributed by atoms with E-state index in [1.165, 1.54) is 0 Å². The molecule has 0 unspecified atom stereocenters. The summed E-state index contributed by atoms with van der Waals surface area (Å²) in [5, 5.41) is 18.8. The maximum Gasteiger partial charge on any atom is 0.207 e. The van der Waals surface area contributed by atoms with Crippen LogP contribution in [0.2, 0.25) is 0 Å². The Morgan fingerprint density at radius 3 is 2.52 bits per heavy atom. The Morgan fingerprint density at radius 1 is 0.952 bits per heavy atom. The van der Waals surface area contributed by atoms with Crippen LogP contribution < -0.4 is 5.43 Å². The summed E-state index contributed by atoms with van der Waals surface area (Å²) in [7, 11) is 0. The molecule has 3 rings (SSSR count). The van der Waals surface area contributed by atoms with Crippen LogP contribution in [-0.4, -0.2) is 4.98 Å². The molecule has 4 nitrogen and oxygen atoms in total. The third-order valence-corrected chi connectivity index (χ3v) is 3.30. The molecule has 0 aliphatic rings. The summed E-state index contributed by atoms with van der Waals surface area (Å²) in [6.45, 7) is 0. The van der Waals surface area contributed by atoms with Crippen LogP contribution in [0.4, 0.5) is 0 Å². The molecule has 0 radical (unpaired) electrons. The molecule has 0 saturated heterocycles. The van der Waals surface area contributed by atoms with Gasteiger partial charge in [0.25, 0.3) is 0 Å². The van der Waals surface area contributed by atoms with E-state index in [2.05, 4.69) is 11.1 Å². The number of nitriles is 2. The Morgan fingerprint density at radius 2 is 1.76 bits per heavy atom. The summed E-state index contributed by atoms with van der Waals surface area (Å²) >= 11 is 0. The van der Waals surface area contributed by atoms with E-state index in [4.69, 9.17) is 5.26 Å². The Hall–Kier alpha value is -3.37. The summed E-state index contributed by atoms with van der Waals surface area (Å²) in [6, 6.07) is 17.9. The van der Waals surface area contributed by atoms with Crippen LogP contribution in [0.5, 0.6) is 0 Å². The smallest absolute Gasteiger partial charge is 0.207 e. The number of pyridine rings is 1. The standard InChI is InChI=1S/C17H9N3O/c18-9-11-4-3-5-12(8-11)16-14(10-19)17(21)13-6-1-2-7-15(13)20-16/h1-8H,(H,20,21). The molecule has 0 fully saturated rings. The first-order chi connectivity index (χ1) is 10.2. The normalized spacial score (nSPS) is 10.0. The predicted octanol–water partition coefficient (Wildman–Crippen LogP) is 2.94. The molecule has 0 bridgehead atoms. The first kappa shape index (κ1) is 12.7. The third kappa shape index (κ3) is 2.05. The van der Waals surface area contributed by atoms with Crippen molar-refractivity contribution in [2.75, 3.05) is 0 Å². The maximum absolute atomic E-state index is 12.4. The van der Waals surface area contributed by atoms with Crippen LogP contribution in [0.25, 0.3) is 22.2 Å². The lowest BCUT2D eigenvalue weighted by Gasteiger charge is -2.07. The van der Waals surface area contributed by atoms with Gasteiger partial charge in [0.15, 0.2) is 0 Å². The van der Waals surface area contributed by atoms with Crippen LogP contribution in [0, 0.1) is 22.7 Å². The van der Waals surface area contributed by atoms with Crippen LogP contribution in [0.15, 0.2) is 53.3 Å². The van der Waals surface area contributed by atoms with Crippen LogP contribution in [0.3, 0.4) is 0 Å². The zero-order valence-electron chi connectivity index (χ0n) is 10.9. The van der Waals surface area contributed by atoms with Crippen molar-refractivity contribution in [1.29, 1.82) is 10.5 Å². The van der Waals surface area contributed by atoms with Gasteiger partial charge in [0.05, 0.1) is 17.3 Å². The molecule has 4 heteroatoms. The van der Waals surface area contributed by atoms with E-state index >= 15 is 0 Å². The molecule has 98 valence electrons. The highest BCUT2D eigenvalue weighted by Gasteiger charge is 2.13. The number of para-hydroxylation sites is 1. The Labute approximate surface area is 120 Å². The van der Waals surface area contributed by atoms with Crippen molar-refractivity contribution in [3.8, 4) is 23.4 Å². The second kappa shape index (κ2) is 4.96. The van der Waals surface area contributed by atoms with E-state index in [1.54, 1.807) is 42.5 Å². The van der Waals surface area contributed by atoms with E-state index < -0.39 is 0 Å². The Kier molecular flexibility index (Phi) is 2.99. The van der Waals surface area contributed by atoms with Gasteiger partial charge in [0.1, 0.15) is 11.6 Å². The molecular weight excluding hydrogens is 262 g/mol. The largest absolute Gasteiger partial charge is 0.353 e. The summed E-state index contributed by atoms with van der Waals surface area (Å²) in [4.78, 5) is 15.5. The lowest BCUT2D eigenvalue weighted by atomic mass is 10.0. The molecule has 1 heterocycles. The monoisotopic (exact) mass is 271 g/mol. The minimum Gasteiger partial charge on any atom is -0.353 e. The van der Waals surface area contributed by atoms with Gasteiger partial charge in [0.2, 0.25) is 5.43 Å². The minimum atomic E-state index is -0.302. The second-order valence-electron chi connectivity index (χ2n) is 4.55. The number of hydrogen-bond donors (Lipinski definition) is 1. The van der Waals surface area contributed by atoms with Gasteiger partial charge in [-0.25, -0.2) is 0 Å². The lowest BCUT2D eigenvalue weighted by Crippen LogP contribution is -2.10. The van der Waals surface area contributed by atoms with Crippen molar-refractivity contribution in [2.24, 2.45) is 0 Å². The van der Waals surface area contributed by atoms with E-state index in [9.17, 15) is 10.1 Å². The fourth-order valence-corrected chi connectivity index (χ4v) is 2.30. The van der Waals surface area contributed by atoms with Gasteiger partial charge in [-0.2, -0.15) is 10.5 Å². The molecule has 21 heavy (non-hydrogen) atoms. The van der Waals surface area contributed by atoms with Crippen molar-refractivity contribution in [1.82, 2.24) is 4.98 Å². The van der Waals surface area contributed by atoms with E-state index in [0.29, 0.717) is 27.7 Å². The molecule has 0 aliphatic carbocycles. The van der Waals surface area contributed by atoms with Crippen LogP contribution in [0.1, 0.15) is 11.1 Å². The molecule has 3 aromatic rings. The number of nitrogens with one attached hydrogen (secondary N) is 1. The number of nitrogens with zero attached hydrogens (tertiary/aromatic N) is 2. The SMILES string of the molecule is N#Cc1cccc(-c2[nH]c3ccccc3c(=O)c2C#N)c1. The van der Waals surface area contributed by atoms with Gasteiger partial charge in [0, 0.05) is 16.5 Å². The van der Waals surface area contributed by atoms with Crippen molar-refractivity contribution in [2.45, 2.75) is 0 Å². The lowest BCUT2D eigenvalue weighted by molar-refractivity contribution is 1.34. The van der Waals surface area contributed by atoms with Crippen molar-refractivity contribution in [3.63, 3.8) is 0 Å². The number of rotatable bonds is 1. The first-order valence-corrected chi connectivity index (χ1v) is 6.30. The minimum absolute atomic E-state index is 0.0591. The topological polar surface area (TPSA) is 80.4 Å². The first-order valence-electron chi connectivity index (χ1n) is 6.30. The highest BCUT2D eigenvalue weighted by atomic mass is 16.1. The average Bonchev–Trinajstić information content (AvgIpc) is 2.55. The molecule has 1 N–H and O–H groups in total. The van der Waals surface area contributed by atoms with E-state index in [1.807, 2.05) is 12.1 Å². The molecule has 0 atom stereocenters. The maximum atomic E-state index is 12.4. The zero-order chi connectivity index (χ0) is 14.8. The van der Waals surface area contributed by atoms with Gasteiger partial charge in [-0.05, 0) is 24.3 Å². The van der Waals surface area contributed by atoms with Crippen molar-refractivity contribution in [3.05, 3.63) is 69.9 Å². The number of benzene rings is 2. The number of aromatic nitrogens is 1. The summed E-state index contributed by atoms with van der Waals surface area (Å²) in [5.41, 5.74) is 1.99. The fraction of sp³-hybridized carbons (Fsp3) is 0. The highest BCUT2D eigenvalue weighted by Crippen LogP contribution is 2.22. The molecule has 0 aliphatic heterocycles.